The van der Waals surface area contributed by atoms with E-state index in [1.807, 2.05) is 31.2 Å². The van der Waals surface area contributed by atoms with E-state index in [0.717, 1.165) is 16.8 Å². The third kappa shape index (κ3) is 2.65. The van der Waals surface area contributed by atoms with E-state index in [-0.39, 0.29) is 4.90 Å². The lowest BCUT2D eigenvalue weighted by Gasteiger charge is -2.11. The van der Waals surface area contributed by atoms with Crippen molar-refractivity contribution in [2.24, 2.45) is 0 Å². The summed E-state index contributed by atoms with van der Waals surface area (Å²) < 4.78 is 25.6. The van der Waals surface area contributed by atoms with Gasteiger partial charge in [-0.15, -0.1) is 0 Å². The van der Waals surface area contributed by atoms with Crippen LogP contribution in [0.3, 0.4) is 0 Å². The molecule has 1 aromatic carbocycles. The van der Waals surface area contributed by atoms with E-state index in [9.17, 15) is 8.42 Å². The summed E-state index contributed by atoms with van der Waals surface area (Å²) in [6.45, 7) is 2.02. The van der Waals surface area contributed by atoms with E-state index in [0.29, 0.717) is 5.82 Å². The van der Waals surface area contributed by atoms with Crippen LogP contribution in [0, 0.1) is 6.92 Å². The largest absolute Gasteiger partial charge is 0.282 e. The second-order valence-corrected chi connectivity index (χ2v) is 7.10. The highest BCUT2D eigenvalue weighted by atomic mass is 32.2. The summed E-state index contributed by atoms with van der Waals surface area (Å²) in [6.07, 6.45) is 6.02. The molecule has 0 bridgehead atoms. The van der Waals surface area contributed by atoms with Crippen molar-refractivity contribution in [2.75, 3.05) is 6.26 Å². The topological polar surface area (TPSA) is 64.8 Å². The Labute approximate surface area is 129 Å². The highest BCUT2D eigenvalue weighted by Crippen LogP contribution is 2.25. The van der Waals surface area contributed by atoms with Crippen molar-refractivity contribution in [3.8, 4) is 17.1 Å². The molecule has 0 saturated carbocycles. The number of imidazole rings is 1. The molecule has 0 N–H and O–H groups in total. The van der Waals surface area contributed by atoms with E-state index in [1.165, 1.54) is 6.26 Å². The van der Waals surface area contributed by atoms with Crippen molar-refractivity contribution < 1.29 is 8.42 Å². The smallest absolute Gasteiger partial charge is 0.179 e. The third-order valence-electron chi connectivity index (χ3n) is 3.36. The number of rotatable bonds is 3. The van der Waals surface area contributed by atoms with Crippen LogP contribution in [-0.4, -0.2) is 29.2 Å². The summed E-state index contributed by atoms with van der Waals surface area (Å²) in [4.78, 5) is 8.57. The molecule has 6 heteroatoms. The van der Waals surface area contributed by atoms with Crippen molar-refractivity contribution in [3.63, 3.8) is 0 Å². The fourth-order valence-electron chi connectivity index (χ4n) is 2.25. The highest BCUT2D eigenvalue weighted by molar-refractivity contribution is 7.90. The Balaban J connectivity index is 2.20. The molecule has 0 aliphatic carbocycles. The average molecular weight is 313 g/mol. The molecule has 112 valence electrons. The van der Waals surface area contributed by atoms with Gasteiger partial charge < -0.3 is 0 Å². The molecule has 3 rings (SSSR count). The van der Waals surface area contributed by atoms with Gasteiger partial charge in [-0.1, -0.05) is 29.8 Å². The van der Waals surface area contributed by atoms with Gasteiger partial charge in [-0.2, -0.15) is 0 Å². The SMILES string of the molecule is Cc1ccc(-c2cncn2-c2ncccc2S(C)(=O)=O)cc1. The molecular weight excluding hydrogens is 298 g/mol. The Morgan fingerprint density at radius 1 is 1.09 bits per heavy atom. The Kier molecular flexibility index (Phi) is 3.54. The van der Waals surface area contributed by atoms with Gasteiger partial charge in [0.15, 0.2) is 15.7 Å². The summed E-state index contributed by atoms with van der Waals surface area (Å²) in [5.41, 5.74) is 2.90. The van der Waals surface area contributed by atoms with E-state index in [4.69, 9.17) is 0 Å². The van der Waals surface area contributed by atoms with Crippen LogP contribution < -0.4 is 0 Å². The van der Waals surface area contributed by atoms with Gasteiger partial charge in [0.1, 0.15) is 11.2 Å². The number of benzene rings is 1. The highest BCUT2D eigenvalue weighted by Gasteiger charge is 2.17. The van der Waals surface area contributed by atoms with Crippen LogP contribution in [0.5, 0.6) is 0 Å². The minimum absolute atomic E-state index is 0.182. The van der Waals surface area contributed by atoms with Gasteiger partial charge >= 0.3 is 0 Å². The fourth-order valence-corrected chi connectivity index (χ4v) is 3.06. The van der Waals surface area contributed by atoms with Gasteiger partial charge in [-0.3, -0.25) is 4.57 Å². The van der Waals surface area contributed by atoms with Gasteiger partial charge in [0.05, 0.1) is 11.9 Å². The summed E-state index contributed by atoms with van der Waals surface area (Å²) in [5.74, 6) is 0.359. The Bertz CT molecular complexity index is 913. The molecule has 0 amide bonds. The molecule has 0 aliphatic heterocycles. The van der Waals surface area contributed by atoms with Crippen LogP contribution in [0.1, 0.15) is 5.56 Å². The normalized spacial score (nSPS) is 11.5. The first kappa shape index (κ1) is 14.5. The van der Waals surface area contributed by atoms with Crippen LogP contribution in [0.2, 0.25) is 0 Å². The molecule has 0 unspecified atom stereocenters. The van der Waals surface area contributed by atoms with Gasteiger partial charge in [0.25, 0.3) is 0 Å². The maximum atomic E-state index is 12.0. The van der Waals surface area contributed by atoms with Crippen molar-refractivity contribution in [3.05, 3.63) is 60.7 Å². The Morgan fingerprint density at radius 2 is 1.82 bits per heavy atom. The minimum Gasteiger partial charge on any atom is -0.282 e. The van der Waals surface area contributed by atoms with Gasteiger partial charge in [-0.25, -0.2) is 18.4 Å². The first-order valence-corrected chi connectivity index (χ1v) is 8.61. The molecule has 0 aliphatic rings. The van der Waals surface area contributed by atoms with E-state index < -0.39 is 9.84 Å². The first-order valence-electron chi connectivity index (χ1n) is 6.71. The molecule has 0 saturated heterocycles. The van der Waals surface area contributed by atoms with Crippen molar-refractivity contribution in [1.29, 1.82) is 0 Å². The molecule has 3 aromatic rings. The average Bonchev–Trinajstić information content (AvgIpc) is 2.96. The van der Waals surface area contributed by atoms with Crippen LogP contribution in [0.4, 0.5) is 0 Å². The molecule has 0 fully saturated rings. The lowest BCUT2D eigenvalue weighted by Crippen LogP contribution is -2.07. The molecule has 2 aromatic heterocycles. The lowest BCUT2D eigenvalue weighted by atomic mass is 10.1. The molecule has 22 heavy (non-hydrogen) atoms. The zero-order chi connectivity index (χ0) is 15.7. The number of nitrogens with zero attached hydrogens (tertiary/aromatic N) is 3. The molecule has 2 heterocycles. The second kappa shape index (κ2) is 5.38. The fraction of sp³-hybridized carbons (Fsp3) is 0.125. The van der Waals surface area contributed by atoms with Crippen molar-refractivity contribution >= 4 is 9.84 Å². The number of aryl methyl sites for hydroxylation is 1. The van der Waals surface area contributed by atoms with Gasteiger partial charge in [-0.05, 0) is 19.1 Å². The second-order valence-electron chi connectivity index (χ2n) is 5.11. The molecular formula is C16H15N3O2S. The number of sulfone groups is 1. The van der Waals surface area contributed by atoms with Gasteiger partial charge in [0.2, 0.25) is 0 Å². The number of aromatic nitrogens is 3. The third-order valence-corrected chi connectivity index (χ3v) is 4.48. The molecule has 0 spiro atoms. The van der Waals surface area contributed by atoms with Crippen molar-refractivity contribution in [1.82, 2.24) is 14.5 Å². The van der Waals surface area contributed by atoms with Gasteiger partial charge in [0, 0.05) is 18.0 Å². The summed E-state index contributed by atoms with van der Waals surface area (Å²) in [6, 6.07) is 11.1. The standard InChI is InChI=1S/C16H15N3O2S/c1-12-5-7-13(8-6-12)14-10-17-11-19(14)16-15(22(2,20)21)4-3-9-18-16/h3-11H,1-2H3. The van der Waals surface area contributed by atoms with Crippen LogP contribution in [-0.2, 0) is 9.84 Å². The predicted molar refractivity (Wildman–Crippen MR) is 84.6 cm³/mol. The van der Waals surface area contributed by atoms with E-state index in [2.05, 4.69) is 9.97 Å². The van der Waals surface area contributed by atoms with E-state index in [1.54, 1.807) is 35.4 Å². The molecule has 0 radical (unpaired) electrons. The number of hydrogen-bond donors (Lipinski definition) is 0. The Morgan fingerprint density at radius 3 is 2.50 bits per heavy atom. The quantitative estimate of drug-likeness (QED) is 0.745. The van der Waals surface area contributed by atoms with Crippen molar-refractivity contribution in [2.45, 2.75) is 11.8 Å². The zero-order valence-corrected chi connectivity index (χ0v) is 13.1. The number of pyridine rings is 1. The van der Waals surface area contributed by atoms with Crippen LogP contribution >= 0.6 is 0 Å². The maximum Gasteiger partial charge on any atom is 0.179 e. The first-order chi connectivity index (χ1) is 10.5. The Hall–Kier alpha value is -2.47. The summed E-state index contributed by atoms with van der Waals surface area (Å²) in [5, 5.41) is 0. The minimum atomic E-state index is -3.38. The molecule has 5 nitrogen and oxygen atoms in total. The predicted octanol–water partition coefficient (Wildman–Crippen LogP) is 2.65. The zero-order valence-electron chi connectivity index (χ0n) is 12.3. The molecule has 0 atom stereocenters. The summed E-state index contributed by atoms with van der Waals surface area (Å²) >= 11 is 0. The van der Waals surface area contributed by atoms with Crippen LogP contribution in [0.25, 0.3) is 17.1 Å². The van der Waals surface area contributed by atoms with Crippen LogP contribution in [0.15, 0.2) is 60.0 Å². The monoisotopic (exact) mass is 313 g/mol. The van der Waals surface area contributed by atoms with E-state index >= 15 is 0 Å². The number of hydrogen-bond acceptors (Lipinski definition) is 4. The lowest BCUT2D eigenvalue weighted by molar-refractivity contribution is 0.600. The summed E-state index contributed by atoms with van der Waals surface area (Å²) in [7, 11) is -3.38. The maximum absolute atomic E-state index is 12.0.